The van der Waals surface area contributed by atoms with Gasteiger partial charge in [0.1, 0.15) is 6.54 Å². The van der Waals surface area contributed by atoms with Crippen molar-refractivity contribution in [3.05, 3.63) is 35.9 Å². The number of guanidine groups is 1. The van der Waals surface area contributed by atoms with Gasteiger partial charge in [-0.3, -0.25) is 9.69 Å². The van der Waals surface area contributed by atoms with Crippen LogP contribution in [0.4, 0.5) is 0 Å². The van der Waals surface area contributed by atoms with Crippen LogP contribution in [-0.4, -0.2) is 55.5 Å². The van der Waals surface area contributed by atoms with E-state index in [-0.39, 0.29) is 36.4 Å². The number of rotatable bonds is 8. The molecule has 1 unspecified atom stereocenters. The van der Waals surface area contributed by atoms with Crippen molar-refractivity contribution in [1.29, 1.82) is 0 Å². The molecule has 2 rings (SSSR count). The van der Waals surface area contributed by atoms with Crippen molar-refractivity contribution in [3.8, 4) is 0 Å². The molecule has 0 spiro atoms. The number of halogens is 1. The van der Waals surface area contributed by atoms with Crippen LogP contribution in [0.2, 0.25) is 0 Å². The third-order valence-corrected chi connectivity index (χ3v) is 4.33. The number of hydrogen-bond donors (Lipinski definition) is 3. The molecule has 1 aromatic carbocycles. The third kappa shape index (κ3) is 7.90. The average Bonchev–Trinajstić information content (AvgIpc) is 3.05. The normalized spacial score (nSPS) is 17.5. The first kappa shape index (κ1) is 22.7. The van der Waals surface area contributed by atoms with E-state index in [9.17, 15) is 4.79 Å². The Bertz CT molecular complexity index is 552. The molecule has 0 aliphatic carbocycles. The predicted octanol–water partition coefficient (Wildman–Crippen LogP) is 1.96. The first-order valence-corrected chi connectivity index (χ1v) is 9.29. The Morgan fingerprint density at radius 3 is 2.58 bits per heavy atom. The molecule has 6 nitrogen and oxygen atoms in total. The lowest BCUT2D eigenvalue weighted by Gasteiger charge is -2.25. The van der Waals surface area contributed by atoms with Gasteiger partial charge in [0.25, 0.3) is 0 Å². The summed E-state index contributed by atoms with van der Waals surface area (Å²) in [6.07, 6.45) is 2.42. The number of carbonyl (C=O) groups excluding carboxylic acids is 1. The molecule has 1 aromatic rings. The minimum Gasteiger partial charge on any atom is -0.357 e. The molecule has 1 atom stereocenters. The van der Waals surface area contributed by atoms with Crippen LogP contribution in [0.25, 0.3) is 0 Å². The topological polar surface area (TPSA) is 68.8 Å². The van der Waals surface area contributed by atoms with Crippen molar-refractivity contribution in [1.82, 2.24) is 20.9 Å². The van der Waals surface area contributed by atoms with E-state index in [4.69, 9.17) is 0 Å². The van der Waals surface area contributed by atoms with Crippen LogP contribution in [0.15, 0.2) is 35.3 Å². The highest BCUT2D eigenvalue weighted by atomic mass is 127. The highest BCUT2D eigenvalue weighted by molar-refractivity contribution is 14.0. The molecule has 1 saturated heterocycles. The minimum absolute atomic E-state index is 0. The zero-order valence-corrected chi connectivity index (χ0v) is 18.2. The number of amides is 1. The molecule has 1 aliphatic rings. The molecular formula is C19H32IN5O. The molecule has 1 amide bonds. The van der Waals surface area contributed by atoms with Gasteiger partial charge in [-0.15, -0.1) is 24.0 Å². The summed E-state index contributed by atoms with van der Waals surface area (Å²) in [6, 6.07) is 11.1. The fraction of sp³-hybridized carbons (Fsp3) is 0.579. The Balaban J connectivity index is 0.00000338. The van der Waals surface area contributed by atoms with E-state index in [0.29, 0.717) is 18.5 Å². The molecular weight excluding hydrogens is 441 g/mol. The molecule has 0 radical (unpaired) electrons. The Morgan fingerprint density at radius 2 is 1.88 bits per heavy atom. The first-order valence-electron chi connectivity index (χ1n) is 9.29. The van der Waals surface area contributed by atoms with E-state index in [1.165, 1.54) is 18.4 Å². The maximum atomic E-state index is 11.6. The third-order valence-electron chi connectivity index (χ3n) is 4.33. The lowest BCUT2D eigenvalue weighted by atomic mass is 10.2. The fourth-order valence-corrected chi connectivity index (χ4v) is 3.11. The van der Waals surface area contributed by atoms with Crippen molar-refractivity contribution >= 4 is 35.8 Å². The van der Waals surface area contributed by atoms with Gasteiger partial charge in [-0.25, -0.2) is 4.99 Å². The summed E-state index contributed by atoms with van der Waals surface area (Å²) in [6.45, 7) is 8.46. The Hall–Kier alpha value is -1.35. The quantitative estimate of drug-likeness (QED) is 0.307. The number of nitrogens with one attached hydrogen (secondary N) is 3. The molecule has 26 heavy (non-hydrogen) atoms. The van der Waals surface area contributed by atoms with Crippen LogP contribution in [0, 0.1) is 0 Å². The first-order chi connectivity index (χ1) is 12.2. The molecule has 146 valence electrons. The maximum absolute atomic E-state index is 11.6. The van der Waals surface area contributed by atoms with Crippen molar-refractivity contribution in [2.75, 3.05) is 32.7 Å². The van der Waals surface area contributed by atoms with Crippen LogP contribution in [-0.2, 0) is 11.3 Å². The van der Waals surface area contributed by atoms with Crippen LogP contribution in [0.1, 0.15) is 32.3 Å². The van der Waals surface area contributed by atoms with Crippen LogP contribution in [0.3, 0.4) is 0 Å². The van der Waals surface area contributed by atoms with Gasteiger partial charge < -0.3 is 16.0 Å². The molecule has 1 aliphatic heterocycles. The van der Waals surface area contributed by atoms with Gasteiger partial charge in [-0.2, -0.15) is 0 Å². The number of aliphatic imine (C=N–C) groups is 1. The van der Waals surface area contributed by atoms with Gasteiger partial charge in [0, 0.05) is 32.2 Å². The van der Waals surface area contributed by atoms with Crippen LogP contribution in [0.5, 0.6) is 0 Å². The monoisotopic (exact) mass is 473 g/mol. The molecule has 0 aromatic heterocycles. The standard InChI is InChI=1S/C19H31N5O.HI/c1-3-20-18(25)14-23-19(21-4-2)22-13-17-11-8-12-24(17)15-16-9-6-5-7-10-16;/h5-7,9-10,17H,3-4,8,11-15H2,1-2H3,(H,20,25)(H2,21,22,23);1H. The fourth-order valence-electron chi connectivity index (χ4n) is 3.11. The van der Waals surface area contributed by atoms with Gasteiger partial charge >= 0.3 is 0 Å². The van der Waals surface area contributed by atoms with E-state index in [0.717, 1.165) is 26.2 Å². The highest BCUT2D eigenvalue weighted by Gasteiger charge is 2.24. The summed E-state index contributed by atoms with van der Waals surface area (Å²) in [7, 11) is 0. The Morgan fingerprint density at radius 1 is 1.15 bits per heavy atom. The van der Waals surface area contributed by atoms with E-state index in [1.54, 1.807) is 0 Å². The second-order valence-corrected chi connectivity index (χ2v) is 6.28. The lowest BCUT2D eigenvalue weighted by Crippen LogP contribution is -2.45. The van der Waals surface area contributed by atoms with Gasteiger partial charge in [0.05, 0.1) is 0 Å². The molecule has 3 N–H and O–H groups in total. The number of likely N-dealkylation sites (N-methyl/N-ethyl adjacent to an activating group) is 1. The zero-order valence-electron chi connectivity index (χ0n) is 15.8. The molecule has 0 saturated carbocycles. The SMILES string of the molecule is CCNC(=O)CN=C(NCC)NCC1CCCN1Cc1ccccc1.I. The largest absolute Gasteiger partial charge is 0.357 e. The van der Waals surface area contributed by atoms with E-state index in [2.05, 4.69) is 56.2 Å². The van der Waals surface area contributed by atoms with E-state index in [1.807, 2.05) is 13.8 Å². The minimum atomic E-state index is -0.0497. The second-order valence-electron chi connectivity index (χ2n) is 6.28. The number of nitrogens with zero attached hydrogens (tertiary/aromatic N) is 2. The summed E-state index contributed by atoms with van der Waals surface area (Å²) in [5.41, 5.74) is 1.35. The van der Waals surface area contributed by atoms with Crippen molar-refractivity contribution in [2.45, 2.75) is 39.3 Å². The van der Waals surface area contributed by atoms with E-state index >= 15 is 0 Å². The molecule has 1 fully saturated rings. The van der Waals surface area contributed by atoms with Gasteiger partial charge in [0.2, 0.25) is 5.91 Å². The number of carbonyl (C=O) groups is 1. The molecule has 0 bridgehead atoms. The summed E-state index contributed by atoms with van der Waals surface area (Å²) in [4.78, 5) is 18.5. The van der Waals surface area contributed by atoms with Gasteiger partial charge in [-0.05, 0) is 38.8 Å². The maximum Gasteiger partial charge on any atom is 0.241 e. The van der Waals surface area contributed by atoms with Crippen molar-refractivity contribution < 1.29 is 4.79 Å². The van der Waals surface area contributed by atoms with Gasteiger partial charge in [0.15, 0.2) is 5.96 Å². The summed E-state index contributed by atoms with van der Waals surface area (Å²) in [5.74, 6) is 0.659. The Labute approximate surface area is 174 Å². The molecule has 7 heteroatoms. The lowest BCUT2D eigenvalue weighted by molar-refractivity contribution is -0.119. The highest BCUT2D eigenvalue weighted by Crippen LogP contribution is 2.19. The smallest absolute Gasteiger partial charge is 0.241 e. The average molecular weight is 473 g/mol. The van der Waals surface area contributed by atoms with Crippen LogP contribution < -0.4 is 16.0 Å². The molecule has 1 heterocycles. The van der Waals surface area contributed by atoms with Gasteiger partial charge in [-0.1, -0.05) is 30.3 Å². The number of likely N-dealkylation sites (tertiary alicyclic amines) is 1. The number of hydrogen-bond acceptors (Lipinski definition) is 3. The summed E-state index contributed by atoms with van der Waals surface area (Å²) < 4.78 is 0. The van der Waals surface area contributed by atoms with Crippen LogP contribution >= 0.6 is 24.0 Å². The van der Waals surface area contributed by atoms with Crippen molar-refractivity contribution in [2.24, 2.45) is 4.99 Å². The zero-order chi connectivity index (χ0) is 17.9. The Kier molecular flexibility index (Phi) is 11.3. The van der Waals surface area contributed by atoms with Crippen molar-refractivity contribution in [3.63, 3.8) is 0 Å². The summed E-state index contributed by atoms with van der Waals surface area (Å²) in [5, 5.41) is 9.37. The second kappa shape index (κ2) is 12.9. The summed E-state index contributed by atoms with van der Waals surface area (Å²) >= 11 is 0. The number of benzene rings is 1. The van der Waals surface area contributed by atoms with E-state index < -0.39 is 0 Å². The predicted molar refractivity (Wildman–Crippen MR) is 118 cm³/mol.